The van der Waals surface area contributed by atoms with E-state index in [9.17, 15) is 26.4 Å². The van der Waals surface area contributed by atoms with Crippen LogP contribution in [0.25, 0.3) is 22.2 Å². The molecule has 0 bridgehead atoms. The number of alkyl halides is 3. The van der Waals surface area contributed by atoms with E-state index in [1.54, 1.807) is 6.92 Å². The molecule has 4 N–H and O–H groups in total. The molecule has 0 saturated carbocycles. The summed E-state index contributed by atoms with van der Waals surface area (Å²) in [6.45, 7) is 2.85. The average molecular weight is 511 g/mol. The summed E-state index contributed by atoms with van der Waals surface area (Å²) in [6, 6.07) is 4.04. The van der Waals surface area contributed by atoms with Gasteiger partial charge < -0.3 is 20.9 Å². The van der Waals surface area contributed by atoms with Crippen molar-refractivity contribution in [2.24, 2.45) is 0 Å². The van der Waals surface area contributed by atoms with Crippen LogP contribution in [0.2, 0.25) is 0 Å². The van der Waals surface area contributed by atoms with Gasteiger partial charge in [0.25, 0.3) is 0 Å². The highest BCUT2D eigenvalue weighted by atomic mass is 32.2. The lowest BCUT2D eigenvalue weighted by molar-refractivity contribution is -0.137. The number of H-pyrrole nitrogens is 1. The Morgan fingerprint density at radius 2 is 1.97 bits per heavy atom. The lowest BCUT2D eigenvalue weighted by Crippen LogP contribution is -2.52. The van der Waals surface area contributed by atoms with E-state index < -0.39 is 21.6 Å². The standard InChI is InChI=1S/C22H25F3N6O3S/c1-3-18(32)29-12-7-13(9-26-8-12)30-21-28-11-16(22(23,24)25)19(31-21)15-10-27-20-14(15)5-4-6-17(20)35(2,33)34/h4-6,10-13,26-27H,3,7-9H2,1-2H3,(H,29,32)(H,28,30,31)/t12-,13-/m0/s1. The van der Waals surface area contributed by atoms with Gasteiger partial charge in [0.1, 0.15) is 5.56 Å². The number of para-hydroxylation sites is 1. The quantitative estimate of drug-likeness (QED) is 0.401. The largest absolute Gasteiger partial charge is 0.419 e. The van der Waals surface area contributed by atoms with Crippen LogP contribution in [0.1, 0.15) is 25.3 Å². The Morgan fingerprint density at radius 3 is 2.66 bits per heavy atom. The minimum Gasteiger partial charge on any atom is -0.359 e. The molecule has 188 valence electrons. The second-order valence-electron chi connectivity index (χ2n) is 8.46. The fraction of sp³-hybridized carbons (Fsp3) is 0.409. The number of halogens is 3. The molecule has 3 aromatic rings. The van der Waals surface area contributed by atoms with Crippen molar-refractivity contribution in [2.45, 2.75) is 42.9 Å². The maximum absolute atomic E-state index is 13.8. The van der Waals surface area contributed by atoms with Gasteiger partial charge in [0.2, 0.25) is 11.9 Å². The van der Waals surface area contributed by atoms with Crippen LogP contribution in [0.5, 0.6) is 0 Å². The fourth-order valence-corrected chi connectivity index (χ4v) is 5.04. The topological polar surface area (TPSA) is 129 Å². The summed E-state index contributed by atoms with van der Waals surface area (Å²) in [5.74, 6) is -0.0887. The van der Waals surface area contributed by atoms with Crippen molar-refractivity contribution >= 4 is 32.6 Å². The molecule has 1 aliphatic rings. The van der Waals surface area contributed by atoms with Gasteiger partial charge in [0, 0.05) is 61.2 Å². The Hall–Kier alpha value is -3.19. The number of benzene rings is 1. The zero-order valence-electron chi connectivity index (χ0n) is 19.0. The number of piperidine rings is 1. The van der Waals surface area contributed by atoms with Crippen molar-refractivity contribution in [2.75, 3.05) is 24.7 Å². The number of fused-ring (bicyclic) bond motifs is 1. The molecule has 4 rings (SSSR count). The van der Waals surface area contributed by atoms with Gasteiger partial charge in [0.15, 0.2) is 9.84 Å². The molecule has 0 radical (unpaired) electrons. The zero-order chi connectivity index (χ0) is 25.4. The summed E-state index contributed by atoms with van der Waals surface area (Å²) < 4.78 is 65.8. The van der Waals surface area contributed by atoms with Gasteiger partial charge in [-0.3, -0.25) is 4.79 Å². The number of hydrogen-bond acceptors (Lipinski definition) is 7. The van der Waals surface area contributed by atoms with E-state index in [4.69, 9.17) is 0 Å². The number of nitrogens with one attached hydrogen (secondary N) is 4. The van der Waals surface area contributed by atoms with Crippen LogP contribution in [0.4, 0.5) is 19.1 Å². The first-order chi connectivity index (χ1) is 16.5. The third-order valence-corrected chi connectivity index (χ3v) is 6.94. The van der Waals surface area contributed by atoms with E-state index in [2.05, 4.69) is 30.9 Å². The minimum atomic E-state index is -4.73. The molecule has 2 atom stereocenters. The van der Waals surface area contributed by atoms with Crippen molar-refractivity contribution in [3.8, 4) is 11.3 Å². The number of carbonyl (C=O) groups excluding carboxylic acids is 1. The summed E-state index contributed by atoms with van der Waals surface area (Å²) >= 11 is 0. The third kappa shape index (κ3) is 5.40. The van der Waals surface area contributed by atoms with E-state index in [0.717, 1.165) is 12.5 Å². The van der Waals surface area contributed by atoms with Gasteiger partial charge in [-0.05, 0) is 12.5 Å². The molecular weight excluding hydrogens is 485 g/mol. The van der Waals surface area contributed by atoms with E-state index >= 15 is 0 Å². The van der Waals surface area contributed by atoms with Crippen LogP contribution in [-0.4, -0.2) is 60.7 Å². The van der Waals surface area contributed by atoms with Crippen LogP contribution in [-0.2, 0) is 20.8 Å². The number of amides is 1. The summed E-state index contributed by atoms with van der Waals surface area (Å²) in [4.78, 5) is 22.6. The predicted molar refractivity (Wildman–Crippen MR) is 125 cm³/mol. The number of aromatic nitrogens is 3. The number of rotatable bonds is 6. The molecule has 0 unspecified atom stereocenters. The lowest BCUT2D eigenvalue weighted by atomic mass is 10.0. The van der Waals surface area contributed by atoms with Crippen molar-refractivity contribution in [3.63, 3.8) is 0 Å². The maximum atomic E-state index is 13.8. The van der Waals surface area contributed by atoms with Crippen LogP contribution < -0.4 is 16.0 Å². The van der Waals surface area contributed by atoms with Crippen molar-refractivity contribution < 1.29 is 26.4 Å². The number of hydrogen-bond donors (Lipinski definition) is 4. The van der Waals surface area contributed by atoms with Crippen molar-refractivity contribution in [1.29, 1.82) is 0 Å². The van der Waals surface area contributed by atoms with Gasteiger partial charge in [0.05, 0.1) is 16.1 Å². The molecule has 1 aromatic carbocycles. The Balaban J connectivity index is 1.71. The molecule has 0 spiro atoms. The molecule has 1 fully saturated rings. The van der Waals surface area contributed by atoms with E-state index in [-0.39, 0.29) is 45.6 Å². The summed E-state index contributed by atoms with van der Waals surface area (Å²) in [5, 5.41) is 9.44. The maximum Gasteiger partial charge on any atom is 0.419 e. The molecule has 1 aliphatic heterocycles. The number of anilines is 1. The van der Waals surface area contributed by atoms with E-state index in [1.807, 2.05) is 0 Å². The van der Waals surface area contributed by atoms with Crippen LogP contribution in [0.15, 0.2) is 35.5 Å². The Morgan fingerprint density at radius 1 is 1.23 bits per heavy atom. The molecular formula is C22H25F3N6O3S. The Kier molecular flexibility index (Phi) is 6.73. The Labute approximate surface area is 199 Å². The van der Waals surface area contributed by atoms with Gasteiger partial charge in [-0.2, -0.15) is 13.2 Å². The third-order valence-electron chi connectivity index (χ3n) is 5.80. The summed E-state index contributed by atoms with van der Waals surface area (Å²) in [6.07, 6.45) is -0.761. The minimum absolute atomic E-state index is 0.00381. The molecule has 13 heteroatoms. The fourth-order valence-electron chi connectivity index (χ4n) is 4.17. The molecule has 0 aliphatic carbocycles. The predicted octanol–water partition coefficient (Wildman–Crippen LogP) is 2.72. The zero-order valence-corrected chi connectivity index (χ0v) is 19.8. The van der Waals surface area contributed by atoms with E-state index in [1.165, 1.54) is 24.4 Å². The number of nitrogens with zero attached hydrogens (tertiary/aromatic N) is 2. The SMILES string of the molecule is CCC(=O)N[C@@H]1CNC[C@@H](Nc2ncc(C(F)(F)F)c(-c3c[nH]c4c(S(C)(=O)=O)cccc34)n2)C1. The highest BCUT2D eigenvalue weighted by Crippen LogP contribution is 2.39. The van der Waals surface area contributed by atoms with Crippen LogP contribution >= 0.6 is 0 Å². The summed E-state index contributed by atoms with van der Waals surface area (Å²) in [5.41, 5.74) is -1.09. The van der Waals surface area contributed by atoms with E-state index in [0.29, 0.717) is 31.3 Å². The monoisotopic (exact) mass is 510 g/mol. The lowest BCUT2D eigenvalue weighted by Gasteiger charge is -2.31. The van der Waals surface area contributed by atoms with Crippen LogP contribution in [0.3, 0.4) is 0 Å². The second kappa shape index (κ2) is 9.46. The average Bonchev–Trinajstić information content (AvgIpc) is 3.22. The summed E-state index contributed by atoms with van der Waals surface area (Å²) in [7, 11) is -3.62. The first-order valence-electron chi connectivity index (χ1n) is 11.0. The van der Waals surface area contributed by atoms with Gasteiger partial charge >= 0.3 is 6.18 Å². The number of sulfone groups is 1. The number of carbonyl (C=O) groups is 1. The molecule has 35 heavy (non-hydrogen) atoms. The van der Waals surface area contributed by atoms with Crippen molar-refractivity contribution in [1.82, 2.24) is 25.6 Å². The normalized spacial score (nSPS) is 19.0. The first kappa shape index (κ1) is 24.9. The molecule has 1 amide bonds. The Bertz CT molecular complexity index is 1360. The van der Waals surface area contributed by atoms with Gasteiger partial charge in [-0.1, -0.05) is 19.1 Å². The number of aromatic amines is 1. The second-order valence-corrected chi connectivity index (χ2v) is 10.4. The van der Waals surface area contributed by atoms with Crippen molar-refractivity contribution in [3.05, 3.63) is 36.2 Å². The molecule has 2 aromatic heterocycles. The highest BCUT2D eigenvalue weighted by molar-refractivity contribution is 7.91. The molecule has 1 saturated heterocycles. The van der Waals surface area contributed by atoms with Gasteiger partial charge in [-0.15, -0.1) is 0 Å². The molecule has 3 heterocycles. The van der Waals surface area contributed by atoms with Crippen LogP contribution in [0, 0.1) is 0 Å². The van der Waals surface area contributed by atoms with Gasteiger partial charge in [-0.25, -0.2) is 18.4 Å². The smallest absolute Gasteiger partial charge is 0.359 e. The highest BCUT2D eigenvalue weighted by Gasteiger charge is 2.36. The molecule has 9 nitrogen and oxygen atoms in total. The first-order valence-corrected chi connectivity index (χ1v) is 12.9.